The molecule has 1 N–H and O–H groups in total. The topological polar surface area (TPSA) is 47.6 Å². The van der Waals surface area contributed by atoms with Crippen molar-refractivity contribution in [3.05, 3.63) is 59.4 Å². The summed E-state index contributed by atoms with van der Waals surface area (Å²) < 4.78 is 24.8. The Morgan fingerprint density at radius 2 is 1.85 bits per heavy atom. The quantitative estimate of drug-likeness (QED) is 0.874. The third kappa shape index (κ3) is 3.38. The molecule has 4 nitrogen and oxygen atoms in total. The van der Waals surface area contributed by atoms with Crippen LogP contribution in [0.4, 0.5) is 4.39 Å². The molecule has 0 aromatic heterocycles. The van der Waals surface area contributed by atoms with Crippen molar-refractivity contribution in [2.75, 3.05) is 19.8 Å². The highest BCUT2D eigenvalue weighted by molar-refractivity contribution is 5.87. The number of nitrogens with one attached hydrogen (secondary N) is 1. The first kappa shape index (κ1) is 17.8. The molecule has 0 unspecified atom stereocenters. The Balaban J connectivity index is 1.47. The number of halogens is 1. The van der Waals surface area contributed by atoms with E-state index in [2.05, 4.69) is 5.32 Å². The van der Waals surface area contributed by atoms with E-state index in [1.54, 1.807) is 12.1 Å². The van der Waals surface area contributed by atoms with Gasteiger partial charge in [-0.25, -0.2) is 4.39 Å². The lowest BCUT2D eigenvalue weighted by atomic mass is 9.83. The summed E-state index contributed by atoms with van der Waals surface area (Å²) in [5, 5.41) is 3.09. The summed E-state index contributed by atoms with van der Waals surface area (Å²) in [5.74, 6) is 1.10. The zero-order valence-corrected chi connectivity index (χ0v) is 15.7. The number of carbonyl (C=O) groups is 1. The van der Waals surface area contributed by atoms with Crippen molar-refractivity contribution in [3.63, 3.8) is 0 Å². The van der Waals surface area contributed by atoms with Crippen LogP contribution in [0, 0.1) is 5.82 Å². The molecule has 1 fully saturated rings. The van der Waals surface area contributed by atoms with Crippen LogP contribution >= 0.6 is 0 Å². The second-order valence-corrected chi connectivity index (χ2v) is 7.96. The fourth-order valence-corrected chi connectivity index (χ4v) is 3.57. The normalized spacial score (nSPS) is 17.3. The molecule has 0 spiro atoms. The summed E-state index contributed by atoms with van der Waals surface area (Å²) in [5.41, 5.74) is 0.980. The van der Waals surface area contributed by atoms with E-state index in [-0.39, 0.29) is 17.1 Å². The summed E-state index contributed by atoms with van der Waals surface area (Å²) in [6.07, 6.45) is 1.92. The van der Waals surface area contributed by atoms with E-state index < -0.39 is 5.41 Å². The van der Waals surface area contributed by atoms with Gasteiger partial charge in [-0.05, 0) is 62.1 Å². The Morgan fingerprint density at radius 1 is 1.11 bits per heavy atom. The van der Waals surface area contributed by atoms with Crippen molar-refractivity contribution in [2.24, 2.45) is 0 Å². The SMILES string of the molecule is CC(C)(C(=O)NCC1(c2cccc(F)c2)CC1)c1ccc2c(c1)OCCO2. The summed E-state index contributed by atoms with van der Waals surface area (Å²) in [6, 6.07) is 12.3. The van der Waals surface area contributed by atoms with E-state index in [0.29, 0.717) is 31.3 Å². The first-order chi connectivity index (χ1) is 12.9. The Labute approximate surface area is 158 Å². The lowest BCUT2D eigenvalue weighted by Crippen LogP contribution is -2.43. The van der Waals surface area contributed by atoms with Crippen molar-refractivity contribution >= 4 is 5.91 Å². The Hall–Kier alpha value is -2.56. The van der Waals surface area contributed by atoms with Gasteiger partial charge in [-0.3, -0.25) is 4.79 Å². The minimum absolute atomic E-state index is 0.0538. The second kappa shape index (κ2) is 6.55. The molecule has 0 bridgehead atoms. The summed E-state index contributed by atoms with van der Waals surface area (Å²) >= 11 is 0. The Kier molecular flexibility index (Phi) is 4.33. The minimum atomic E-state index is -0.714. The van der Waals surface area contributed by atoms with Crippen molar-refractivity contribution in [2.45, 2.75) is 37.5 Å². The molecule has 0 atom stereocenters. The molecule has 1 heterocycles. The highest BCUT2D eigenvalue weighted by atomic mass is 19.1. The van der Waals surface area contributed by atoms with Gasteiger partial charge < -0.3 is 14.8 Å². The van der Waals surface area contributed by atoms with Crippen LogP contribution in [0.15, 0.2) is 42.5 Å². The van der Waals surface area contributed by atoms with Crippen molar-refractivity contribution in [3.8, 4) is 11.5 Å². The van der Waals surface area contributed by atoms with Crippen molar-refractivity contribution < 1.29 is 18.7 Å². The number of ether oxygens (including phenoxy) is 2. The van der Waals surface area contributed by atoms with Crippen LogP contribution in [0.25, 0.3) is 0 Å². The molecule has 142 valence electrons. The van der Waals surface area contributed by atoms with Crippen LogP contribution in [0.5, 0.6) is 11.5 Å². The highest BCUT2D eigenvalue weighted by Crippen LogP contribution is 2.48. The fraction of sp³-hybridized carbons (Fsp3) is 0.409. The van der Waals surface area contributed by atoms with Crippen LogP contribution in [0.3, 0.4) is 0 Å². The van der Waals surface area contributed by atoms with Crippen LogP contribution in [0.1, 0.15) is 37.8 Å². The van der Waals surface area contributed by atoms with Gasteiger partial charge in [0.25, 0.3) is 0 Å². The molecule has 1 amide bonds. The first-order valence-corrected chi connectivity index (χ1v) is 9.35. The van der Waals surface area contributed by atoms with Gasteiger partial charge in [0, 0.05) is 12.0 Å². The van der Waals surface area contributed by atoms with Gasteiger partial charge >= 0.3 is 0 Å². The van der Waals surface area contributed by atoms with Gasteiger partial charge in [-0.15, -0.1) is 0 Å². The Morgan fingerprint density at radius 3 is 2.56 bits per heavy atom. The molecule has 2 aromatic carbocycles. The van der Waals surface area contributed by atoms with Gasteiger partial charge in [0.2, 0.25) is 5.91 Å². The molecular weight excluding hydrogens is 345 g/mol. The summed E-state index contributed by atoms with van der Waals surface area (Å²) in [4.78, 5) is 12.9. The Bertz CT molecular complexity index is 874. The molecule has 1 saturated carbocycles. The van der Waals surface area contributed by atoms with Gasteiger partial charge in [-0.1, -0.05) is 18.2 Å². The first-order valence-electron chi connectivity index (χ1n) is 9.35. The third-order valence-corrected chi connectivity index (χ3v) is 5.71. The maximum absolute atomic E-state index is 13.6. The van der Waals surface area contributed by atoms with E-state index >= 15 is 0 Å². The van der Waals surface area contributed by atoms with Crippen molar-refractivity contribution in [1.29, 1.82) is 0 Å². The zero-order chi connectivity index (χ0) is 19.1. The molecule has 1 aliphatic carbocycles. The summed E-state index contributed by atoms with van der Waals surface area (Å²) in [7, 11) is 0. The average molecular weight is 369 g/mol. The van der Waals surface area contributed by atoms with Crippen LogP contribution < -0.4 is 14.8 Å². The van der Waals surface area contributed by atoms with Crippen LogP contribution in [0.2, 0.25) is 0 Å². The molecular formula is C22H24FNO3. The second-order valence-electron chi connectivity index (χ2n) is 7.96. The number of benzene rings is 2. The molecule has 4 rings (SSSR count). The molecule has 0 saturated heterocycles. The molecule has 27 heavy (non-hydrogen) atoms. The monoisotopic (exact) mass is 369 g/mol. The number of fused-ring (bicyclic) bond motifs is 1. The zero-order valence-electron chi connectivity index (χ0n) is 15.7. The number of rotatable bonds is 5. The minimum Gasteiger partial charge on any atom is -0.486 e. The molecule has 1 aliphatic heterocycles. The van der Waals surface area contributed by atoms with Crippen LogP contribution in [-0.2, 0) is 15.6 Å². The van der Waals surface area contributed by atoms with Crippen LogP contribution in [-0.4, -0.2) is 25.7 Å². The predicted molar refractivity (Wildman–Crippen MR) is 101 cm³/mol. The maximum Gasteiger partial charge on any atom is 0.230 e. The smallest absolute Gasteiger partial charge is 0.230 e. The van der Waals surface area contributed by atoms with Crippen molar-refractivity contribution in [1.82, 2.24) is 5.32 Å². The highest BCUT2D eigenvalue weighted by Gasteiger charge is 2.45. The van der Waals surface area contributed by atoms with Gasteiger partial charge in [0.15, 0.2) is 11.5 Å². The lowest BCUT2D eigenvalue weighted by Gasteiger charge is -2.28. The van der Waals surface area contributed by atoms with E-state index in [4.69, 9.17) is 9.47 Å². The molecule has 2 aliphatic rings. The van der Waals surface area contributed by atoms with E-state index in [9.17, 15) is 9.18 Å². The maximum atomic E-state index is 13.6. The van der Waals surface area contributed by atoms with E-state index in [0.717, 1.165) is 24.0 Å². The molecule has 2 aromatic rings. The average Bonchev–Trinajstić information content (AvgIpc) is 3.47. The van der Waals surface area contributed by atoms with Gasteiger partial charge in [0.05, 0.1) is 5.41 Å². The number of hydrogen-bond donors (Lipinski definition) is 1. The third-order valence-electron chi connectivity index (χ3n) is 5.71. The number of carbonyl (C=O) groups excluding carboxylic acids is 1. The van der Waals surface area contributed by atoms with Gasteiger partial charge in [0.1, 0.15) is 19.0 Å². The van der Waals surface area contributed by atoms with Gasteiger partial charge in [-0.2, -0.15) is 0 Å². The standard InChI is InChI=1S/C22H24FNO3/c1-21(2,15-6-7-18-19(13-15)27-11-10-26-18)20(25)24-14-22(8-9-22)16-4-3-5-17(23)12-16/h3-7,12-13H,8-11,14H2,1-2H3,(H,24,25). The summed E-state index contributed by atoms with van der Waals surface area (Å²) in [6.45, 7) is 5.37. The molecule has 0 radical (unpaired) electrons. The predicted octanol–water partition coefficient (Wildman–Crippen LogP) is 3.72. The number of amides is 1. The lowest BCUT2D eigenvalue weighted by molar-refractivity contribution is -0.125. The number of hydrogen-bond acceptors (Lipinski definition) is 3. The fourth-order valence-electron chi connectivity index (χ4n) is 3.57. The molecule has 5 heteroatoms. The largest absolute Gasteiger partial charge is 0.486 e. The van der Waals surface area contributed by atoms with E-state index in [1.165, 1.54) is 6.07 Å². The van der Waals surface area contributed by atoms with E-state index in [1.807, 2.05) is 38.1 Å².